The van der Waals surface area contributed by atoms with Crippen LogP contribution in [0.1, 0.15) is 68.8 Å². The summed E-state index contributed by atoms with van der Waals surface area (Å²) in [5.41, 5.74) is 1.35. The minimum atomic E-state index is -0.885. The molecule has 18 heteroatoms. The SMILES string of the molecule is CNC(=O)COc1cc2cc(Nc3nc(N4CCC(OC5CC6(C5)CN(c5cccc(C(=O)NC7CCC(=O)NC7=O)c5F)C6)CC4)ncc3Cl)ccc2n(C(C)C)c1=O. The Kier molecular flexibility index (Phi) is 11.4. The highest BCUT2D eigenvalue weighted by molar-refractivity contribution is 6.33. The van der Waals surface area contributed by atoms with E-state index in [1.54, 1.807) is 29.0 Å². The summed E-state index contributed by atoms with van der Waals surface area (Å²) >= 11 is 6.57. The van der Waals surface area contributed by atoms with Gasteiger partial charge < -0.3 is 39.8 Å². The topological polar surface area (TPSA) is 189 Å². The van der Waals surface area contributed by atoms with Crippen molar-refractivity contribution in [3.05, 3.63) is 75.4 Å². The van der Waals surface area contributed by atoms with E-state index in [-0.39, 0.29) is 71.8 Å². The smallest absolute Gasteiger partial charge is 0.293 e. The average Bonchev–Trinajstić information content (AvgIpc) is 3.19. The van der Waals surface area contributed by atoms with Crippen LogP contribution in [0.2, 0.25) is 5.02 Å². The maximum Gasteiger partial charge on any atom is 0.293 e. The number of rotatable bonds is 12. The standard InChI is InChI=1S/C42H47ClFN9O7/c1-23(2)53-31-9-7-25(15-24(31)16-33(40(53)58)59-20-35(55)45-3)47-37-29(43)19-46-41(50-37)51-13-11-26(12-14-51)60-27-17-42(18-27)21-52(22-42)32-6-4-5-28(36(32)44)38(56)48-30-8-10-34(54)49-39(30)57/h4-7,9,15-16,19,23,26-27,30H,8,10-14,17-18,20-22H2,1-3H3,(H,45,55)(H,48,56)(H,46,47,50)(H,49,54,57). The molecule has 60 heavy (non-hydrogen) atoms. The molecule has 1 saturated carbocycles. The number of likely N-dealkylation sites (N-methyl/N-ethyl adjacent to an activating group) is 1. The third kappa shape index (κ3) is 8.32. The lowest BCUT2D eigenvalue weighted by atomic mass is 9.61. The number of hydrogen-bond acceptors (Lipinski definition) is 12. The second-order valence-electron chi connectivity index (χ2n) is 16.3. The Morgan fingerprint density at radius 2 is 1.80 bits per heavy atom. The summed E-state index contributed by atoms with van der Waals surface area (Å²) in [6.07, 6.45) is 5.44. The van der Waals surface area contributed by atoms with E-state index < -0.39 is 23.7 Å². The van der Waals surface area contributed by atoms with Crippen LogP contribution in [0.4, 0.5) is 27.5 Å². The number of piperidine rings is 2. The summed E-state index contributed by atoms with van der Waals surface area (Å²) in [5.74, 6) is -1.58. The zero-order valence-corrected chi connectivity index (χ0v) is 34.3. The molecule has 3 aliphatic heterocycles. The Hall–Kier alpha value is -5.81. The largest absolute Gasteiger partial charge is 0.478 e. The van der Waals surface area contributed by atoms with Gasteiger partial charge in [-0.2, -0.15) is 4.98 Å². The van der Waals surface area contributed by atoms with Crippen LogP contribution in [0.5, 0.6) is 5.75 Å². The molecule has 4 fully saturated rings. The van der Waals surface area contributed by atoms with Crippen molar-refractivity contribution in [2.24, 2.45) is 5.41 Å². The molecular weight excluding hydrogens is 797 g/mol. The number of ether oxygens (including phenoxy) is 2. The van der Waals surface area contributed by atoms with Crippen molar-refractivity contribution in [2.45, 2.75) is 76.7 Å². The van der Waals surface area contributed by atoms with Crippen LogP contribution in [0.15, 0.2) is 53.5 Å². The van der Waals surface area contributed by atoms with E-state index in [0.717, 1.165) is 31.1 Å². The van der Waals surface area contributed by atoms with Crippen LogP contribution in [0, 0.1) is 11.2 Å². The molecule has 4 N–H and O–H groups in total. The molecule has 5 heterocycles. The summed E-state index contributed by atoms with van der Waals surface area (Å²) in [6, 6.07) is 10.9. The first kappa shape index (κ1) is 40.9. The molecule has 1 aliphatic carbocycles. The Bertz CT molecular complexity index is 2410. The van der Waals surface area contributed by atoms with Crippen LogP contribution in [-0.2, 0) is 19.1 Å². The third-order valence-electron chi connectivity index (χ3n) is 11.7. The minimum Gasteiger partial charge on any atom is -0.478 e. The second kappa shape index (κ2) is 16.7. The molecule has 3 saturated heterocycles. The number of amides is 4. The summed E-state index contributed by atoms with van der Waals surface area (Å²) in [5, 5.41) is 11.6. The van der Waals surface area contributed by atoms with Gasteiger partial charge in [-0.25, -0.2) is 9.37 Å². The number of aromatic nitrogens is 3. The summed E-state index contributed by atoms with van der Waals surface area (Å²) in [4.78, 5) is 74.8. The molecular formula is C42H47ClFN9O7. The molecule has 0 bridgehead atoms. The van der Waals surface area contributed by atoms with Gasteiger partial charge >= 0.3 is 0 Å². The number of nitrogens with zero attached hydrogens (tertiary/aromatic N) is 5. The first-order chi connectivity index (χ1) is 28.8. The number of carbonyl (C=O) groups is 4. The van der Waals surface area contributed by atoms with Gasteiger partial charge in [0.05, 0.1) is 35.2 Å². The van der Waals surface area contributed by atoms with Crippen molar-refractivity contribution >= 4 is 69.3 Å². The molecule has 4 amide bonds. The first-order valence-electron chi connectivity index (χ1n) is 20.2. The average molecular weight is 844 g/mol. The van der Waals surface area contributed by atoms with Crippen molar-refractivity contribution in [3.63, 3.8) is 0 Å². The van der Waals surface area contributed by atoms with E-state index in [9.17, 15) is 24.0 Å². The van der Waals surface area contributed by atoms with Gasteiger partial charge in [-0.3, -0.25) is 29.3 Å². The molecule has 1 atom stereocenters. The number of pyridine rings is 1. The summed E-state index contributed by atoms with van der Waals surface area (Å²) in [7, 11) is 1.50. The lowest BCUT2D eigenvalue weighted by Crippen LogP contribution is -2.65. The van der Waals surface area contributed by atoms with Crippen LogP contribution in [-0.4, -0.2) is 96.2 Å². The Morgan fingerprint density at radius 1 is 1.03 bits per heavy atom. The van der Waals surface area contributed by atoms with Gasteiger partial charge in [0.15, 0.2) is 24.0 Å². The number of hydrogen-bond donors (Lipinski definition) is 4. The first-order valence-corrected chi connectivity index (χ1v) is 20.6. The number of nitrogens with one attached hydrogen (secondary N) is 4. The summed E-state index contributed by atoms with van der Waals surface area (Å²) in [6.45, 7) is 6.27. The van der Waals surface area contributed by atoms with E-state index >= 15 is 4.39 Å². The molecule has 0 radical (unpaired) electrons. The van der Waals surface area contributed by atoms with Gasteiger partial charge in [-0.05, 0) is 82.3 Å². The normalized spacial score (nSPS) is 19.2. The van der Waals surface area contributed by atoms with E-state index in [2.05, 4.69) is 31.2 Å². The van der Waals surface area contributed by atoms with Crippen LogP contribution >= 0.6 is 11.6 Å². The van der Waals surface area contributed by atoms with Crippen LogP contribution < -0.4 is 41.4 Å². The highest BCUT2D eigenvalue weighted by Gasteiger charge is 2.54. The Morgan fingerprint density at radius 3 is 2.52 bits per heavy atom. The highest BCUT2D eigenvalue weighted by atomic mass is 35.5. The maximum atomic E-state index is 15.6. The van der Waals surface area contributed by atoms with Crippen molar-refractivity contribution in [1.82, 2.24) is 30.5 Å². The van der Waals surface area contributed by atoms with Gasteiger partial charge in [0, 0.05) is 62.2 Å². The predicted molar refractivity (Wildman–Crippen MR) is 223 cm³/mol. The van der Waals surface area contributed by atoms with Crippen molar-refractivity contribution in [3.8, 4) is 5.75 Å². The maximum absolute atomic E-state index is 15.6. The quantitative estimate of drug-likeness (QED) is 0.149. The van der Waals surface area contributed by atoms with E-state index in [4.69, 9.17) is 26.1 Å². The van der Waals surface area contributed by atoms with E-state index in [1.807, 2.05) is 36.9 Å². The number of anilines is 4. The van der Waals surface area contributed by atoms with Crippen molar-refractivity contribution in [1.29, 1.82) is 0 Å². The van der Waals surface area contributed by atoms with Gasteiger partial charge in [0.1, 0.15) is 11.1 Å². The van der Waals surface area contributed by atoms with Gasteiger partial charge in [0.25, 0.3) is 17.4 Å². The van der Waals surface area contributed by atoms with Crippen molar-refractivity contribution in [2.75, 3.05) is 55.0 Å². The number of carbonyl (C=O) groups excluding carboxylic acids is 4. The molecule has 4 aromatic rings. The zero-order valence-electron chi connectivity index (χ0n) is 33.6. The lowest BCUT2D eigenvalue weighted by Gasteiger charge is -2.60. The van der Waals surface area contributed by atoms with Gasteiger partial charge in [-0.1, -0.05) is 17.7 Å². The predicted octanol–water partition coefficient (Wildman–Crippen LogP) is 4.22. The monoisotopic (exact) mass is 843 g/mol. The van der Waals surface area contributed by atoms with Crippen LogP contribution in [0.25, 0.3) is 10.9 Å². The minimum absolute atomic E-state index is 0.0474. The fourth-order valence-corrected chi connectivity index (χ4v) is 8.77. The summed E-state index contributed by atoms with van der Waals surface area (Å²) < 4.78 is 29.3. The molecule has 1 spiro atoms. The number of halogens is 2. The number of imide groups is 1. The van der Waals surface area contributed by atoms with E-state index in [0.29, 0.717) is 59.9 Å². The number of fused-ring (bicyclic) bond motifs is 1. The van der Waals surface area contributed by atoms with Gasteiger partial charge in [0.2, 0.25) is 17.8 Å². The number of benzene rings is 2. The highest BCUT2D eigenvalue weighted by Crippen LogP contribution is 2.52. The molecule has 8 rings (SSSR count). The lowest BCUT2D eigenvalue weighted by molar-refractivity contribution is -0.134. The third-order valence-corrected chi connectivity index (χ3v) is 12.0. The molecule has 2 aromatic carbocycles. The Balaban J connectivity index is 0.830. The fourth-order valence-electron chi connectivity index (χ4n) is 8.63. The zero-order chi connectivity index (χ0) is 42.3. The van der Waals surface area contributed by atoms with Gasteiger partial charge in [-0.15, -0.1) is 0 Å². The molecule has 4 aliphatic rings. The molecule has 2 aromatic heterocycles. The fraction of sp³-hybridized carbons (Fsp3) is 0.452. The van der Waals surface area contributed by atoms with Crippen LogP contribution in [0.3, 0.4) is 0 Å². The van der Waals surface area contributed by atoms with E-state index in [1.165, 1.54) is 13.1 Å². The molecule has 16 nitrogen and oxygen atoms in total. The molecule has 1 unspecified atom stereocenters. The molecule has 316 valence electrons. The second-order valence-corrected chi connectivity index (χ2v) is 16.7. The Labute approximate surface area is 350 Å². The van der Waals surface area contributed by atoms with Crippen molar-refractivity contribution < 1.29 is 33.0 Å².